The molecule has 0 aliphatic carbocycles. The summed E-state index contributed by atoms with van der Waals surface area (Å²) in [5, 5.41) is 0. The molecule has 0 saturated heterocycles. The van der Waals surface area contributed by atoms with Crippen LogP contribution in [0.1, 0.15) is 27.0 Å². The summed E-state index contributed by atoms with van der Waals surface area (Å²) in [6, 6.07) is 12.0. The average Bonchev–Trinajstić information content (AvgIpc) is 2.64. The first-order chi connectivity index (χ1) is 12.1. The summed E-state index contributed by atoms with van der Waals surface area (Å²) in [6.45, 7) is 2.51. The molecule has 1 amide bonds. The molecule has 0 fully saturated rings. The van der Waals surface area contributed by atoms with Crippen LogP contribution in [0, 0.1) is 12.7 Å². The summed E-state index contributed by atoms with van der Waals surface area (Å²) in [5.41, 5.74) is 2.84. The maximum Gasteiger partial charge on any atom is 0.254 e. The van der Waals surface area contributed by atoms with Crippen molar-refractivity contribution in [2.24, 2.45) is 0 Å². The van der Waals surface area contributed by atoms with E-state index in [0.717, 1.165) is 11.1 Å². The summed E-state index contributed by atoms with van der Waals surface area (Å²) in [7, 11) is 0. The quantitative estimate of drug-likeness (QED) is 0.713. The van der Waals surface area contributed by atoms with Gasteiger partial charge in [-0.2, -0.15) is 0 Å². The zero-order chi connectivity index (χ0) is 17.6. The molecule has 2 aromatic heterocycles. The molecule has 25 heavy (non-hydrogen) atoms. The van der Waals surface area contributed by atoms with Crippen LogP contribution in [0.4, 0.5) is 4.39 Å². The topological polar surface area (TPSA) is 46.1 Å². The van der Waals surface area contributed by atoms with Crippen molar-refractivity contribution in [2.45, 2.75) is 20.0 Å². The Hall–Kier alpha value is -3.08. The molecule has 2 heterocycles. The minimum absolute atomic E-state index is 0.149. The summed E-state index contributed by atoms with van der Waals surface area (Å²) in [4.78, 5) is 22.8. The molecule has 3 aromatic rings. The van der Waals surface area contributed by atoms with E-state index >= 15 is 0 Å². The molecule has 1 aromatic carbocycles. The zero-order valence-electron chi connectivity index (χ0n) is 13.9. The van der Waals surface area contributed by atoms with E-state index in [1.807, 2.05) is 24.3 Å². The Kier molecular flexibility index (Phi) is 5.14. The number of pyridine rings is 2. The van der Waals surface area contributed by atoms with Crippen LogP contribution in [-0.4, -0.2) is 20.8 Å². The molecule has 0 unspecified atom stereocenters. The van der Waals surface area contributed by atoms with Gasteiger partial charge >= 0.3 is 0 Å². The standard InChI is InChI=1S/C20H18FN3O/c1-15-11-18(4-5-19(15)21)20(25)24(13-16-6-9-22-10-7-16)14-17-3-2-8-23-12-17/h2-12H,13-14H2,1H3. The Morgan fingerprint density at radius 3 is 2.44 bits per heavy atom. The number of nitrogens with zero attached hydrogens (tertiary/aromatic N) is 3. The van der Waals surface area contributed by atoms with E-state index in [2.05, 4.69) is 9.97 Å². The Morgan fingerprint density at radius 2 is 1.76 bits per heavy atom. The molecule has 0 saturated carbocycles. The van der Waals surface area contributed by atoms with Gasteiger partial charge in [0, 0.05) is 43.4 Å². The van der Waals surface area contributed by atoms with Crippen LogP contribution >= 0.6 is 0 Å². The van der Waals surface area contributed by atoms with Gasteiger partial charge in [0.1, 0.15) is 5.82 Å². The van der Waals surface area contributed by atoms with Crippen LogP contribution in [0.15, 0.2) is 67.3 Å². The van der Waals surface area contributed by atoms with E-state index < -0.39 is 0 Å². The third kappa shape index (κ3) is 4.26. The van der Waals surface area contributed by atoms with E-state index in [0.29, 0.717) is 24.2 Å². The SMILES string of the molecule is Cc1cc(C(=O)N(Cc2ccncc2)Cc2cccnc2)ccc1F. The largest absolute Gasteiger partial charge is 0.330 e. The first-order valence-corrected chi connectivity index (χ1v) is 7.97. The summed E-state index contributed by atoms with van der Waals surface area (Å²) in [5.74, 6) is -0.465. The number of hydrogen-bond donors (Lipinski definition) is 0. The van der Waals surface area contributed by atoms with Gasteiger partial charge < -0.3 is 4.90 Å². The number of rotatable bonds is 5. The van der Waals surface area contributed by atoms with Crippen molar-refractivity contribution in [3.63, 3.8) is 0 Å². The van der Waals surface area contributed by atoms with Gasteiger partial charge in [0.05, 0.1) is 0 Å². The van der Waals surface area contributed by atoms with Gasteiger partial charge in [-0.15, -0.1) is 0 Å². The number of carbonyl (C=O) groups is 1. The lowest BCUT2D eigenvalue weighted by atomic mass is 10.1. The van der Waals surface area contributed by atoms with E-state index in [-0.39, 0.29) is 11.7 Å². The first-order valence-electron chi connectivity index (χ1n) is 7.97. The van der Waals surface area contributed by atoms with Crippen LogP contribution < -0.4 is 0 Å². The maximum absolute atomic E-state index is 13.5. The fraction of sp³-hybridized carbons (Fsp3) is 0.150. The highest BCUT2D eigenvalue weighted by Crippen LogP contribution is 2.16. The number of benzene rings is 1. The predicted molar refractivity (Wildman–Crippen MR) is 93.2 cm³/mol. The van der Waals surface area contributed by atoms with Gasteiger partial charge in [0.2, 0.25) is 0 Å². The van der Waals surface area contributed by atoms with Gasteiger partial charge in [-0.25, -0.2) is 4.39 Å². The van der Waals surface area contributed by atoms with Crippen LogP contribution in [0.5, 0.6) is 0 Å². The second-order valence-electron chi connectivity index (χ2n) is 5.84. The average molecular weight is 335 g/mol. The third-order valence-corrected chi connectivity index (χ3v) is 3.91. The maximum atomic E-state index is 13.5. The molecule has 0 radical (unpaired) electrons. The number of aromatic nitrogens is 2. The highest BCUT2D eigenvalue weighted by Gasteiger charge is 2.17. The highest BCUT2D eigenvalue weighted by molar-refractivity contribution is 5.94. The van der Waals surface area contributed by atoms with Crippen molar-refractivity contribution in [2.75, 3.05) is 0 Å². The number of hydrogen-bond acceptors (Lipinski definition) is 3. The first kappa shape index (κ1) is 16.8. The molecular weight excluding hydrogens is 317 g/mol. The van der Waals surface area contributed by atoms with Crippen molar-refractivity contribution < 1.29 is 9.18 Å². The van der Waals surface area contributed by atoms with Gasteiger partial charge in [-0.1, -0.05) is 6.07 Å². The van der Waals surface area contributed by atoms with Gasteiger partial charge in [-0.05, 0) is 60.0 Å². The summed E-state index contributed by atoms with van der Waals surface area (Å²) >= 11 is 0. The van der Waals surface area contributed by atoms with Gasteiger partial charge in [0.25, 0.3) is 5.91 Å². The smallest absolute Gasteiger partial charge is 0.254 e. The Labute approximate surface area is 146 Å². The lowest BCUT2D eigenvalue weighted by Gasteiger charge is -2.23. The molecule has 0 N–H and O–H groups in total. The minimum Gasteiger partial charge on any atom is -0.330 e. The second-order valence-corrected chi connectivity index (χ2v) is 5.84. The van der Waals surface area contributed by atoms with Crippen molar-refractivity contribution in [3.05, 3.63) is 95.3 Å². The van der Waals surface area contributed by atoms with Gasteiger partial charge in [0.15, 0.2) is 0 Å². The fourth-order valence-electron chi connectivity index (χ4n) is 2.58. The van der Waals surface area contributed by atoms with Gasteiger partial charge in [-0.3, -0.25) is 14.8 Å². The normalized spacial score (nSPS) is 10.5. The lowest BCUT2D eigenvalue weighted by Crippen LogP contribution is -2.30. The number of carbonyl (C=O) groups excluding carboxylic acids is 1. The zero-order valence-corrected chi connectivity index (χ0v) is 13.9. The van der Waals surface area contributed by atoms with Crippen LogP contribution in [0.25, 0.3) is 0 Å². The molecule has 0 spiro atoms. The van der Waals surface area contributed by atoms with Crippen LogP contribution in [0.2, 0.25) is 0 Å². The molecule has 0 atom stereocenters. The predicted octanol–water partition coefficient (Wildman–Crippen LogP) is 3.77. The molecule has 126 valence electrons. The molecule has 0 aliphatic heterocycles. The van der Waals surface area contributed by atoms with E-state index in [4.69, 9.17) is 0 Å². The van der Waals surface area contributed by atoms with E-state index in [9.17, 15) is 9.18 Å². The molecule has 3 rings (SSSR count). The summed E-state index contributed by atoms with van der Waals surface area (Å²) < 4.78 is 13.5. The molecule has 4 nitrogen and oxygen atoms in total. The Balaban J connectivity index is 1.88. The Bertz CT molecular complexity index is 812. The van der Waals surface area contributed by atoms with E-state index in [1.54, 1.807) is 42.7 Å². The van der Waals surface area contributed by atoms with Crippen molar-refractivity contribution in [1.29, 1.82) is 0 Å². The van der Waals surface area contributed by atoms with Crippen molar-refractivity contribution in [1.82, 2.24) is 14.9 Å². The molecule has 5 heteroatoms. The lowest BCUT2D eigenvalue weighted by molar-refractivity contribution is 0.0729. The summed E-state index contributed by atoms with van der Waals surface area (Å²) in [6.07, 6.45) is 6.83. The number of amides is 1. The molecular formula is C20H18FN3O. The van der Waals surface area contributed by atoms with Crippen molar-refractivity contribution >= 4 is 5.91 Å². The number of halogens is 1. The van der Waals surface area contributed by atoms with Crippen LogP contribution in [0.3, 0.4) is 0 Å². The second kappa shape index (κ2) is 7.66. The van der Waals surface area contributed by atoms with Crippen molar-refractivity contribution in [3.8, 4) is 0 Å². The number of aryl methyl sites for hydroxylation is 1. The molecule has 0 bridgehead atoms. The minimum atomic E-state index is -0.315. The Morgan fingerprint density at radius 1 is 1.00 bits per heavy atom. The molecule has 0 aliphatic rings. The van der Waals surface area contributed by atoms with E-state index in [1.165, 1.54) is 12.1 Å². The highest BCUT2D eigenvalue weighted by atomic mass is 19.1. The third-order valence-electron chi connectivity index (χ3n) is 3.91. The monoisotopic (exact) mass is 335 g/mol. The fourth-order valence-corrected chi connectivity index (χ4v) is 2.58. The van der Waals surface area contributed by atoms with Crippen LogP contribution in [-0.2, 0) is 13.1 Å².